The Labute approximate surface area is 98.1 Å². The van der Waals surface area contributed by atoms with Gasteiger partial charge in [0.2, 0.25) is 0 Å². The van der Waals surface area contributed by atoms with Crippen LogP contribution in [0.3, 0.4) is 0 Å². The maximum absolute atomic E-state index is 12.1. The molecule has 1 heterocycles. The highest BCUT2D eigenvalue weighted by Gasteiger charge is 2.31. The summed E-state index contributed by atoms with van der Waals surface area (Å²) in [5.41, 5.74) is 0. The Hall–Kier alpha value is -0.390. The van der Waals surface area contributed by atoms with Crippen molar-refractivity contribution >= 4 is 16.9 Å². The molecule has 0 radical (unpaired) electrons. The van der Waals surface area contributed by atoms with Crippen molar-refractivity contribution < 1.29 is 13.2 Å². The number of rotatable bonds is 2. The summed E-state index contributed by atoms with van der Waals surface area (Å²) >= 11 is 1.50. The number of amidine groups is 1. The molecule has 3 atom stereocenters. The lowest BCUT2D eigenvalue weighted by atomic mass is 10.1. The molecule has 0 aromatic rings. The zero-order chi connectivity index (χ0) is 12.3. The number of alkyl halides is 3. The molecular weight excluding hydrogens is 237 g/mol. The van der Waals surface area contributed by atoms with Gasteiger partial charge < -0.3 is 5.32 Å². The SMILES string of the molecule is CC(CC(F)(F)F)NC1=NC(C)C(C)CS1. The molecule has 94 valence electrons. The highest BCUT2D eigenvalue weighted by Crippen LogP contribution is 2.24. The third kappa shape index (κ3) is 4.63. The zero-order valence-electron chi connectivity index (χ0n) is 9.64. The number of halogens is 3. The number of aliphatic imine (C=N–C) groups is 1. The summed E-state index contributed by atoms with van der Waals surface area (Å²) in [5, 5.41) is 3.46. The van der Waals surface area contributed by atoms with E-state index in [4.69, 9.17) is 0 Å². The molecule has 1 rings (SSSR count). The van der Waals surface area contributed by atoms with E-state index in [0.717, 1.165) is 5.75 Å². The number of thioether (sulfide) groups is 1. The third-order valence-corrected chi connectivity index (χ3v) is 3.72. The Balaban J connectivity index is 2.46. The fourth-order valence-corrected chi connectivity index (χ4v) is 2.61. The third-order valence-electron chi connectivity index (χ3n) is 2.53. The molecule has 1 N–H and O–H groups in total. The van der Waals surface area contributed by atoms with E-state index >= 15 is 0 Å². The first kappa shape index (κ1) is 13.7. The van der Waals surface area contributed by atoms with Gasteiger partial charge in [0.25, 0.3) is 0 Å². The quantitative estimate of drug-likeness (QED) is 0.819. The molecule has 0 saturated heterocycles. The van der Waals surface area contributed by atoms with Crippen LogP contribution in [-0.2, 0) is 0 Å². The molecule has 0 amide bonds. The van der Waals surface area contributed by atoms with Crippen LogP contribution in [0.25, 0.3) is 0 Å². The van der Waals surface area contributed by atoms with Crippen LogP contribution in [0, 0.1) is 5.92 Å². The molecule has 1 aliphatic heterocycles. The van der Waals surface area contributed by atoms with E-state index in [0.29, 0.717) is 11.1 Å². The van der Waals surface area contributed by atoms with E-state index in [9.17, 15) is 13.2 Å². The minimum absolute atomic E-state index is 0.182. The Bertz CT molecular complexity index is 265. The van der Waals surface area contributed by atoms with Gasteiger partial charge in [-0.15, -0.1) is 0 Å². The average molecular weight is 254 g/mol. The molecule has 3 unspecified atom stereocenters. The number of hydrogen-bond donors (Lipinski definition) is 1. The molecule has 0 spiro atoms. The highest BCUT2D eigenvalue weighted by molar-refractivity contribution is 8.13. The lowest BCUT2D eigenvalue weighted by molar-refractivity contribution is -0.138. The molecule has 0 aliphatic carbocycles. The zero-order valence-corrected chi connectivity index (χ0v) is 10.5. The van der Waals surface area contributed by atoms with Crippen LogP contribution in [0.4, 0.5) is 13.2 Å². The van der Waals surface area contributed by atoms with Crippen LogP contribution in [0.1, 0.15) is 27.2 Å². The van der Waals surface area contributed by atoms with E-state index in [1.54, 1.807) is 0 Å². The van der Waals surface area contributed by atoms with Gasteiger partial charge in [-0.2, -0.15) is 13.2 Å². The first-order valence-corrected chi connectivity index (χ1v) is 6.30. The summed E-state index contributed by atoms with van der Waals surface area (Å²) in [6, 6.07) is -0.436. The average Bonchev–Trinajstić information content (AvgIpc) is 2.08. The molecule has 0 bridgehead atoms. The lowest BCUT2D eigenvalue weighted by Crippen LogP contribution is -2.37. The first-order chi connectivity index (χ1) is 7.28. The van der Waals surface area contributed by atoms with Crippen molar-refractivity contribution in [1.29, 1.82) is 0 Å². The molecule has 2 nitrogen and oxygen atoms in total. The first-order valence-electron chi connectivity index (χ1n) is 5.32. The van der Waals surface area contributed by atoms with E-state index in [2.05, 4.69) is 17.2 Å². The van der Waals surface area contributed by atoms with Crippen LogP contribution >= 0.6 is 11.8 Å². The number of nitrogens with zero attached hydrogens (tertiary/aromatic N) is 1. The van der Waals surface area contributed by atoms with Gasteiger partial charge in [-0.05, 0) is 19.8 Å². The topological polar surface area (TPSA) is 24.4 Å². The minimum atomic E-state index is -4.12. The van der Waals surface area contributed by atoms with Crippen molar-refractivity contribution in [2.75, 3.05) is 5.75 Å². The fraction of sp³-hybridized carbons (Fsp3) is 0.900. The highest BCUT2D eigenvalue weighted by atomic mass is 32.2. The van der Waals surface area contributed by atoms with E-state index in [1.165, 1.54) is 18.7 Å². The Morgan fingerprint density at radius 1 is 1.50 bits per heavy atom. The molecule has 0 saturated carbocycles. The molecule has 16 heavy (non-hydrogen) atoms. The maximum Gasteiger partial charge on any atom is 0.391 e. The number of hydrogen-bond acceptors (Lipinski definition) is 3. The minimum Gasteiger partial charge on any atom is -0.362 e. The maximum atomic E-state index is 12.1. The van der Waals surface area contributed by atoms with Gasteiger partial charge in [0.05, 0.1) is 12.5 Å². The van der Waals surface area contributed by atoms with E-state index in [1.807, 2.05) is 6.92 Å². The fourth-order valence-electron chi connectivity index (χ4n) is 1.39. The van der Waals surface area contributed by atoms with Gasteiger partial charge in [-0.25, -0.2) is 0 Å². The van der Waals surface area contributed by atoms with Crippen molar-refractivity contribution in [3.63, 3.8) is 0 Å². The monoisotopic (exact) mass is 254 g/mol. The predicted molar refractivity (Wildman–Crippen MR) is 61.8 cm³/mol. The normalized spacial score (nSPS) is 28.5. The van der Waals surface area contributed by atoms with Crippen LogP contribution in [0.5, 0.6) is 0 Å². The van der Waals surface area contributed by atoms with E-state index < -0.39 is 18.6 Å². The van der Waals surface area contributed by atoms with Gasteiger partial charge in [0, 0.05) is 11.8 Å². The van der Waals surface area contributed by atoms with Gasteiger partial charge >= 0.3 is 6.18 Å². The summed E-state index contributed by atoms with van der Waals surface area (Å²) in [5.74, 6) is 1.39. The Morgan fingerprint density at radius 2 is 2.12 bits per heavy atom. The van der Waals surface area contributed by atoms with Gasteiger partial charge in [0.15, 0.2) is 5.17 Å². The molecule has 1 aliphatic rings. The summed E-state index contributed by atoms with van der Waals surface area (Å²) in [6.45, 7) is 5.61. The van der Waals surface area contributed by atoms with Crippen LogP contribution in [0.2, 0.25) is 0 Å². The molecule has 6 heteroatoms. The summed E-state index contributed by atoms with van der Waals surface area (Å²) < 4.78 is 36.3. The Morgan fingerprint density at radius 3 is 2.62 bits per heavy atom. The molecule has 0 fully saturated rings. The second-order valence-electron chi connectivity index (χ2n) is 4.33. The summed E-state index contributed by atoms with van der Waals surface area (Å²) in [4.78, 5) is 4.33. The molecular formula is C10H17F3N2S. The van der Waals surface area contributed by atoms with Gasteiger partial charge in [-0.3, -0.25) is 4.99 Å². The standard InChI is InChI=1S/C10H17F3N2S/c1-6-5-16-9(15-8(6)3)14-7(2)4-10(11,12)13/h6-8H,4-5H2,1-3H3,(H,14,15). The lowest BCUT2D eigenvalue weighted by Gasteiger charge is -2.26. The largest absolute Gasteiger partial charge is 0.391 e. The predicted octanol–water partition coefficient (Wildman–Crippen LogP) is 3.04. The van der Waals surface area contributed by atoms with Gasteiger partial charge in [0.1, 0.15) is 0 Å². The van der Waals surface area contributed by atoms with Crippen molar-refractivity contribution in [2.45, 2.75) is 45.5 Å². The Kier molecular flexibility index (Phi) is 4.52. The number of nitrogens with one attached hydrogen (secondary N) is 1. The summed E-state index contributed by atoms with van der Waals surface area (Å²) in [7, 11) is 0. The van der Waals surface area contributed by atoms with Crippen molar-refractivity contribution in [1.82, 2.24) is 5.32 Å². The molecule has 0 aromatic carbocycles. The van der Waals surface area contributed by atoms with Crippen molar-refractivity contribution in [2.24, 2.45) is 10.9 Å². The van der Waals surface area contributed by atoms with Crippen LogP contribution < -0.4 is 5.32 Å². The summed E-state index contributed by atoms with van der Waals surface area (Å²) in [6.07, 6.45) is -4.94. The molecule has 0 aromatic heterocycles. The van der Waals surface area contributed by atoms with Gasteiger partial charge in [-0.1, -0.05) is 18.7 Å². The van der Waals surface area contributed by atoms with Crippen LogP contribution in [-0.4, -0.2) is 29.2 Å². The smallest absolute Gasteiger partial charge is 0.362 e. The van der Waals surface area contributed by atoms with Crippen LogP contribution in [0.15, 0.2) is 4.99 Å². The van der Waals surface area contributed by atoms with Crippen molar-refractivity contribution in [3.05, 3.63) is 0 Å². The second-order valence-corrected chi connectivity index (χ2v) is 5.34. The van der Waals surface area contributed by atoms with E-state index in [-0.39, 0.29) is 6.04 Å². The second kappa shape index (κ2) is 5.29. The van der Waals surface area contributed by atoms with Crippen molar-refractivity contribution in [3.8, 4) is 0 Å².